The Morgan fingerprint density at radius 2 is 1.91 bits per heavy atom. The number of likely N-dealkylation sites (tertiary alicyclic amines) is 1. The van der Waals surface area contributed by atoms with E-state index in [1.165, 1.54) is 0 Å². The van der Waals surface area contributed by atoms with Gasteiger partial charge < -0.3 is 16.0 Å². The molecule has 1 aromatic rings. The molecule has 0 aromatic heterocycles. The van der Waals surface area contributed by atoms with Crippen molar-refractivity contribution in [2.24, 2.45) is 5.73 Å². The van der Waals surface area contributed by atoms with Crippen molar-refractivity contribution in [2.75, 3.05) is 13.6 Å². The molecule has 1 heterocycles. The molecule has 2 rings (SSSR count). The standard InChI is InChI=1S/C16H24BrN3O.2ClH/c1-11-10-14(8-9-20(11)3)19-15(21)16(2,18)12-4-6-13(17)7-5-12;;/h4-7,11,14H,8-10,18H2,1-3H3,(H,19,21);2*1H. The number of carbonyl (C=O) groups excluding carboxylic acids is 1. The summed E-state index contributed by atoms with van der Waals surface area (Å²) in [6, 6.07) is 8.29. The van der Waals surface area contributed by atoms with Crippen LogP contribution in [-0.4, -0.2) is 36.5 Å². The Kier molecular flexibility index (Phi) is 9.10. The summed E-state index contributed by atoms with van der Waals surface area (Å²) in [6.45, 7) is 4.96. The number of nitrogens with two attached hydrogens (primary N) is 1. The fourth-order valence-corrected chi connectivity index (χ4v) is 2.95. The van der Waals surface area contributed by atoms with E-state index >= 15 is 0 Å². The normalized spacial score (nSPS) is 23.9. The van der Waals surface area contributed by atoms with Crippen molar-refractivity contribution in [3.05, 3.63) is 34.3 Å². The van der Waals surface area contributed by atoms with Crippen LogP contribution in [0, 0.1) is 0 Å². The third-order valence-electron chi connectivity index (χ3n) is 4.46. The summed E-state index contributed by atoms with van der Waals surface area (Å²) in [7, 11) is 2.12. The number of benzene rings is 1. The number of hydrogen-bond acceptors (Lipinski definition) is 3. The number of rotatable bonds is 3. The van der Waals surface area contributed by atoms with Gasteiger partial charge in [-0.3, -0.25) is 4.79 Å². The number of hydrogen-bond donors (Lipinski definition) is 2. The molecule has 0 radical (unpaired) electrons. The van der Waals surface area contributed by atoms with Crippen LogP contribution in [0.5, 0.6) is 0 Å². The van der Waals surface area contributed by atoms with Crippen LogP contribution in [0.15, 0.2) is 28.7 Å². The lowest BCUT2D eigenvalue weighted by molar-refractivity contribution is -0.127. The van der Waals surface area contributed by atoms with Crippen LogP contribution in [0.1, 0.15) is 32.3 Å². The molecule has 23 heavy (non-hydrogen) atoms. The molecule has 4 nitrogen and oxygen atoms in total. The van der Waals surface area contributed by atoms with Gasteiger partial charge in [0.1, 0.15) is 5.54 Å². The topological polar surface area (TPSA) is 58.4 Å². The summed E-state index contributed by atoms with van der Waals surface area (Å²) in [5.41, 5.74) is 6.09. The largest absolute Gasteiger partial charge is 0.351 e. The molecule has 1 amide bonds. The van der Waals surface area contributed by atoms with Crippen molar-refractivity contribution < 1.29 is 4.79 Å². The summed E-state index contributed by atoms with van der Waals surface area (Å²) < 4.78 is 0.978. The van der Waals surface area contributed by atoms with Crippen molar-refractivity contribution in [2.45, 2.75) is 44.3 Å². The zero-order chi connectivity index (χ0) is 15.6. The van der Waals surface area contributed by atoms with Crippen LogP contribution in [0.4, 0.5) is 0 Å². The van der Waals surface area contributed by atoms with E-state index in [9.17, 15) is 4.79 Å². The van der Waals surface area contributed by atoms with Gasteiger partial charge >= 0.3 is 0 Å². The second kappa shape index (κ2) is 9.23. The lowest BCUT2D eigenvalue weighted by Gasteiger charge is -2.36. The first-order valence-corrected chi connectivity index (χ1v) is 8.16. The molecule has 3 N–H and O–H groups in total. The maximum absolute atomic E-state index is 12.5. The van der Waals surface area contributed by atoms with Crippen molar-refractivity contribution in [1.82, 2.24) is 10.2 Å². The average molecular weight is 427 g/mol. The van der Waals surface area contributed by atoms with Gasteiger partial charge in [0.15, 0.2) is 0 Å². The van der Waals surface area contributed by atoms with Gasteiger partial charge in [0.25, 0.3) is 0 Å². The zero-order valence-electron chi connectivity index (χ0n) is 13.7. The first kappa shape index (κ1) is 22.7. The third-order valence-corrected chi connectivity index (χ3v) is 4.99. The summed E-state index contributed by atoms with van der Waals surface area (Å²) in [5.74, 6) is -0.105. The molecule has 0 bridgehead atoms. The minimum absolute atomic E-state index is 0. The summed E-state index contributed by atoms with van der Waals surface area (Å²) >= 11 is 3.40. The molecular formula is C16H26BrCl2N3O. The second-order valence-corrected chi connectivity index (χ2v) is 7.15. The predicted octanol–water partition coefficient (Wildman–Crippen LogP) is 3.07. The van der Waals surface area contributed by atoms with Gasteiger partial charge in [-0.2, -0.15) is 0 Å². The number of nitrogens with one attached hydrogen (secondary N) is 1. The third kappa shape index (κ3) is 5.61. The van der Waals surface area contributed by atoms with Crippen LogP contribution in [0.25, 0.3) is 0 Å². The smallest absolute Gasteiger partial charge is 0.244 e. The van der Waals surface area contributed by atoms with Crippen LogP contribution >= 0.6 is 40.7 Å². The molecule has 1 aromatic carbocycles. The number of carbonyl (C=O) groups is 1. The van der Waals surface area contributed by atoms with Gasteiger partial charge in [0.05, 0.1) is 0 Å². The number of nitrogens with zero attached hydrogens (tertiary/aromatic N) is 1. The van der Waals surface area contributed by atoms with Gasteiger partial charge in [-0.1, -0.05) is 28.1 Å². The quantitative estimate of drug-likeness (QED) is 0.780. The molecule has 0 saturated carbocycles. The monoisotopic (exact) mass is 425 g/mol. The van der Waals surface area contributed by atoms with E-state index in [0.29, 0.717) is 6.04 Å². The fourth-order valence-electron chi connectivity index (χ4n) is 2.68. The number of halogens is 3. The van der Waals surface area contributed by atoms with E-state index in [0.717, 1.165) is 29.4 Å². The van der Waals surface area contributed by atoms with E-state index in [1.54, 1.807) is 6.92 Å². The van der Waals surface area contributed by atoms with Crippen LogP contribution in [-0.2, 0) is 10.3 Å². The average Bonchev–Trinajstić information content (AvgIpc) is 2.43. The molecule has 3 unspecified atom stereocenters. The highest BCUT2D eigenvalue weighted by atomic mass is 79.9. The molecule has 0 aliphatic carbocycles. The van der Waals surface area contributed by atoms with E-state index in [4.69, 9.17) is 5.73 Å². The van der Waals surface area contributed by atoms with E-state index < -0.39 is 5.54 Å². The molecule has 132 valence electrons. The molecular weight excluding hydrogens is 401 g/mol. The fraction of sp³-hybridized carbons (Fsp3) is 0.562. The van der Waals surface area contributed by atoms with E-state index in [2.05, 4.69) is 40.1 Å². The number of amides is 1. The Bertz CT molecular complexity index is 511. The SMILES string of the molecule is CC1CC(NC(=O)C(C)(N)c2ccc(Br)cc2)CCN1C.Cl.Cl. The minimum atomic E-state index is -1.01. The van der Waals surface area contributed by atoms with Crippen LogP contribution in [0.3, 0.4) is 0 Å². The molecule has 1 fully saturated rings. The second-order valence-electron chi connectivity index (χ2n) is 6.23. The maximum atomic E-state index is 12.5. The molecule has 1 saturated heterocycles. The summed E-state index contributed by atoms with van der Waals surface area (Å²) in [6.07, 6.45) is 1.95. The molecule has 1 aliphatic heterocycles. The van der Waals surface area contributed by atoms with Gasteiger partial charge in [0, 0.05) is 23.1 Å². The maximum Gasteiger partial charge on any atom is 0.244 e. The van der Waals surface area contributed by atoms with E-state index in [-0.39, 0.29) is 36.8 Å². The Hall–Kier alpha value is -0.330. The Balaban J connectivity index is 0.00000242. The molecule has 1 aliphatic rings. The van der Waals surface area contributed by atoms with Crippen LogP contribution < -0.4 is 11.1 Å². The van der Waals surface area contributed by atoms with Crippen LogP contribution in [0.2, 0.25) is 0 Å². The lowest BCUT2D eigenvalue weighted by Crippen LogP contribution is -2.55. The van der Waals surface area contributed by atoms with Crippen molar-refractivity contribution in [3.8, 4) is 0 Å². The first-order chi connectivity index (χ1) is 9.80. The van der Waals surface area contributed by atoms with Crippen molar-refractivity contribution >= 4 is 46.7 Å². The van der Waals surface area contributed by atoms with Crippen molar-refractivity contribution in [1.29, 1.82) is 0 Å². The summed E-state index contributed by atoms with van der Waals surface area (Å²) in [5, 5.41) is 3.12. The first-order valence-electron chi connectivity index (χ1n) is 7.37. The highest BCUT2D eigenvalue weighted by Gasteiger charge is 2.33. The lowest BCUT2D eigenvalue weighted by atomic mass is 9.91. The van der Waals surface area contributed by atoms with Gasteiger partial charge in [-0.25, -0.2) is 0 Å². The van der Waals surface area contributed by atoms with Gasteiger partial charge in [-0.05, 0) is 51.4 Å². The zero-order valence-corrected chi connectivity index (χ0v) is 16.9. The highest BCUT2D eigenvalue weighted by Crippen LogP contribution is 2.22. The number of piperidine rings is 1. The Morgan fingerprint density at radius 3 is 2.43 bits per heavy atom. The summed E-state index contributed by atoms with van der Waals surface area (Å²) in [4.78, 5) is 14.9. The minimum Gasteiger partial charge on any atom is -0.351 e. The molecule has 7 heteroatoms. The molecule has 3 atom stereocenters. The Morgan fingerprint density at radius 1 is 1.35 bits per heavy atom. The molecule has 0 spiro atoms. The van der Waals surface area contributed by atoms with Gasteiger partial charge in [0.2, 0.25) is 5.91 Å². The Labute approximate surface area is 159 Å². The highest BCUT2D eigenvalue weighted by molar-refractivity contribution is 9.10. The van der Waals surface area contributed by atoms with Gasteiger partial charge in [-0.15, -0.1) is 24.8 Å². The van der Waals surface area contributed by atoms with Crippen molar-refractivity contribution in [3.63, 3.8) is 0 Å². The van der Waals surface area contributed by atoms with E-state index in [1.807, 2.05) is 24.3 Å². The predicted molar refractivity (Wildman–Crippen MR) is 103 cm³/mol.